The van der Waals surface area contributed by atoms with Gasteiger partial charge >= 0.3 is 0 Å². The molecule has 3 rings (SSSR count). The molecule has 0 spiro atoms. The molecule has 1 heterocycles. The summed E-state index contributed by atoms with van der Waals surface area (Å²) in [5, 5.41) is 0.927. The molecule has 0 saturated heterocycles. The molecule has 30 heavy (non-hydrogen) atoms. The van der Waals surface area contributed by atoms with Crippen LogP contribution in [-0.4, -0.2) is 36.6 Å². The Hall–Kier alpha value is -2.86. The Balaban J connectivity index is 1.68. The van der Waals surface area contributed by atoms with E-state index in [-0.39, 0.29) is 11.9 Å². The molecule has 5 nitrogen and oxygen atoms in total. The van der Waals surface area contributed by atoms with E-state index < -0.39 is 0 Å². The zero-order valence-corrected chi connectivity index (χ0v) is 18.7. The summed E-state index contributed by atoms with van der Waals surface area (Å²) < 4.78 is 12.3. The van der Waals surface area contributed by atoms with Crippen molar-refractivity contribution in [3.63, 3.8) is 0 Å². The lowest BCUT2D eigenvalue weighted by Crippen LogP contribution is -2.27. The minimum atomic E-state index is -0.108. The molecule has 0 radical (unpaired) electrons. The van der Waals surface area contributed by atoms with Crippen LogP contribution >= 0.6 is 11.3 Å². The minimum absolute atomic E-state index is 0.0796. The summed E-state index contributed by atoms with van der Waals surface area (Å²) in [6, 6.07) is 13.6. The maximum atomic E-state index is 12.7. The molecule has 2 aromatic carbocycles. The van der Waals surface area contributed by atoms with Gasteiger partial charge in [-0.05, 0) is 49.2 Å². The zero-order valence-electron chi connectivity index (χ0n) is 17.9. The Morgan fingerprint density at radius 1 is 1.23 bits per heavy atom. The van der Waals surface area contributed by atoms with Gasteiger partial charge in [-0.25, -0.2) is 4.98 Å². The average molecular weight is 425 g/mol. The number of amides is 1. The molecular formula is C24H28N2O3S. The molecule has 0 aliphatic carbocycles. The number of rotatable bonds is 9. The Morgan fingerprint density at radius 3 is 2.77 bits per heavy atom. The predicted molar refractivity (Wildman–Crippen MR) is 123 cm³/mol. The van der Waals surface area contributed by atoms with Crippen molar-refractivity contribution >= 4 is 33.5 Å². The molecule has 0 unspecified atom stereocenters. The van der Waals surface area contributed by atoms with E-state index in [9.17, 15) is 4.79 Å². The topological polar surface area (TPSA) is 51.7 Å². The molecular weight excluding hydrogens is 396 g/mol. The SMILES string of the molecule is CCCCOc1ccc(/C=C/C(=O)N(C)[C@H](C)c2nc3ccccc3s2)cc1OC. The largest absolute Gasteiger partial charge is 0.493 e. The van der Waals surface area contributed by atoms with E-state index >= 15 is 0 Å². The quantitative estimate of drug-likeness (QED) is 0.326. The number of methoxy groups -OCH3 is 1. The fourth-order valence-electron chi connectivity index (χ4n) is 2.94. The molecule has 0 saturated carbocycles. The number of carbonyl (C=O) groups is 1. The third-order valence-electron chi connectivity index (χ3n) is 4.96. The number of aromatic nitrogens is 1. The number of hydrogen-bond acceptors (Lipinski definition) is 5. The second-order valence-electron chi connectivity index (χ2n) is 7.09. The van der Waals surface area contributed by atoms with Gasteiger partial charge in [-0.3, -0.25) is 4.79 Å². The first-order valence-electron chi connectivity index (χ1n) is 10.1. The van der Waals surface area contributed by atoms with E-state index in [1.165, 1.54) is 0 Å². The summed E-state index contributed by atoms with van der Waals surface area (Å²) in [5.74, 6) is 1.30. The van der Waals surface area contributed by atoms with Crippen LogP contribution in [0.3, 0.4) is 0 Å². The summed E-state index contributed by atoms with van der Waals surface area (Å²) in [4.78, 5) is 19.1. The summed E-state index contributed by atoms with van der Waals surface area (Å²) in [6.07, 6.45) is 5.45. The van der Waals surface area contributed by atoms with Crippen LogP contribution in [0, 0.1) is 0 Å². The smallest absolute Gasteiger partial charge is 0.246 e. The van der Waals surface area contributed by atoms with E-state index in [0.29, 0.717) is 12.4 Å². The Labute approximate surface area is 182 Å². The van der Waals surface area contributed by atoms with Crippen LogP contribution in [0.15, 0.2) is 48.5 Å². The highest BCUT2D eigenvalue weighted by atomic mass is 32.1. The van der Waals surface area contributed by atoms with Crippen molar-refractivity contribution in [2.24, 2.45) is 0 Å². The molecule has 3 aromatic rings. The average Bonchev–Trinajstić information content (AvgIpc) is 3.21. The van der Waals surface area contributed by atoms with Crippen LogP contribution in [0.25, 0.3) is 16.3 Å². The first-order valence-corrected chi connectivity index (χ1v) is 11.0. The van der Waals surface area contributed by atoms with Crippen molar-refractivity contribution < 1.29 is 14.3 Å². The van der Waals surface area contributed by atoms with Crippen LogP contribution in [-0.2, 0) is 4.79 Å². The normalized spacial score (nSPS) is 12.3. The van der Waals surface area contributed by atoms with Crippen molar-refractivity contribution in [2.75, 3.05) is 20.8 Å². The van der Waals surface area contributed by atoms with Gasteiger partial charge in [-0.15, -0.1) is 11.3 Å². The maximum absolute atomic E-state index is 12.7. The molecule has 0 fully saturated rings. The number of ether oxygens (including phenoxy) is 2. The van der Waals surface area contributed by atoms with Gasteiger partial charge in [0.2, 0.25) is 5.91 Å². The minimum Gasteiger partial charge on any atom is -0.493 e. The number of unbranched alkanes of at least 4 members (excludes halogenated alkanes) is 1. The van der Waals surface area contributed by atoms with Gasteiger partial charge in [0.15, 0.2) is 11.5 Å². The Bertz CT molecular complexity index is 995. The number of benzene rings is 2. The lowest BCUT2D eigenvalue weighted by atomic mass is 10.1. The molecule has 158 valence electrons. The first-order chi connectivity index (χ1) is 14.5. The number of likely N-dealkylation sites (N-methyl/N-ethyl adjacent to an activating group) is 1. The van der Waals surface area contributed by atoms with E-state index in [0.717, 1.165) is 39.4 Å². The predicted octanol–water partition coefficient (Wildman–Crippen LogP) is 5.72. The third kappa shape index (κ3) is 5.19. The van der Waals surface area contributed by atoms with Crippen LogP contribution in [0.4, 0.5) is 0 Å². The summed E-state index contributed by atoms with van der Waals surface area (Å²) >= 11 is 1.62. The number of thiazole rings is 1. The highest BCUT2D eigenvalue weighted by Gasteiger charge is 2.19. The van der Waals surface area contributed by atoms with E-state index in [1.54, 1.807) is 42.5 Å². The van der Waals surface area contributed by atoms with E-state index in [2.05, 4.69) is 11.9 Å². The second-order valence-corrected chi connectivity index (χ2v) is 8.15. The monoisotopic (exact) mass is 424 g/mol. The molecule has 0 N–H and O–H groups in total. The third-order valence-corrected chi connectivity index (χ3v) is 6.16. The maximum Gasteiger partial charge on any atom is 0.246 e. The molecule has 0 aliphatic rings. The summed E-state index contributed by atoms with van der Waals surface area (Å²) in [7, 11) is 3.42. The van der Waals surface area contributed by atoms with Crippen LogP contribution < -0.4 is 9.47 Å². The molecule has 6 heteroatoms. The lowest BCUT2D eigenvalue weighted by molar-refractivity contribution is -0.126. The first kappa shape index (κ1) is 21.8. The Kier molecular flexibility index (Phi) is 7.46. The molecule has 1 atom stereocenters. The van der Waals surface area contributed by atoms with Crippen molar-refractivity contribution in [3.05, 3.63) is 59.1 Å². The van der Waals surface area contributed by atoms with E-state index in [4.69, 9.17) is 9.47 Å². The number of carbonyl (C=O) groups excluding carboxylic acids is 1. The fourth-order valence-corrected chi connectivity index (χ4v) is 4.01. The second kappa shape index (κ2) is 10.3. The summed E-state index contributed by atoms with van der Waals surface area (Å²) in [5.41, 5.74) is 1.85. The van der Waals surface area contributed by atoms with Gasteiger partial charge in [0.1, 0.15) is 5.01 Å². The summed E-state index contributed by atoms with van der Waals surface area (Å²) in [6.45, 7) is 4.78. The van der Waals surface area contributed by atoms with Crippen molar-refractivity contribution in [1.82, 2.24) is 9.88 Å². The number of nitrogens with zero attached hydrogens (tertiary/aromatic N) is 2. The lowest BCUT2D eigenvalue weighted by Gasteiger charge is -2.21. The number of para-hydroxylation sites is 1. The van der Waals surface area contributed by atoms with Gasteiger partial charge in [0, 0.05) is 13.1 Å². The molecule has 0 bridgehead atoms. The van der Waals surface area contributed by atoms with Crippen LogP contribution in [0.2, 0.25) is 0 Å². The van der Waals surface area contributed by atoms with Crippen LogP contribution in [0.1, 0.15) is 43.3 Å². The fraction of sp³-hybridized carbons (Fsp3) is 0.333. The highest BCUT2D eigenvalue weighted by molar-refractivity contribution is 7.18. The highest BCUT2D eigenvalue weighted by Crippen LogP contribution is 2.30. The van der Waals surface area contributed by atoms with Gasteiger partial charge in [0.25, 0.3) is 0 Å². The molecule has 1 aromatic heterocycles. The van der Waals surface area contributed by atoms with Crippen LogP contribution in [0.5, 0.6) is 11.5 Å². The van der Waals surface area contributed by atoms with Gasteiger partial charge in [-0.1, -0.05) is 31.5 Å². The number of hydrogen-bond donors (Lipinski definition) is 0. The van der Waals surface area contributed by atoms with Crippen molar-refractivity contribution in [2.45, 2.75) is 32.7 Å². The molecule has 1 amide bonds. The van der Waals surface area contributed by atoms with Crippen molar-refractivity contribution in [1.29, 1.82) is 0 Å². The van der Waals surface area contributed by atoms with E-state index in [1.807, 2.05) is 49.4 Å². The standard InChI is InChI=1S/C24H28N2O3S/c1-5-6-15-29-20-13-11-18(16-21(20)28-4)12-14-23(27)26(3)17(2)24-25-19-9-7-8-10-22(19)30-24/h7-14,16-17H,5-6,15H2,1-4H3/b14-12+/t17-/m1/s1. The Morgan fingerprint density at radius 2 is 2.03 bits per heavy atom. The van der Waals surface area contributed by atoms with Gasteiger partial charge < -0.3 is 14.4 Å². The van der Waals surface area contributed by atoms with Crippen molar-refractivity contribution in [3.8, 4) is 11.5 Å². The van der Waals surface area contributed by atoms with Gasteiger partial charge in [-0.2, -0.15) is 0 Å². The zero-order chi connectivity index (χ0) is 21.5. The van der Waals surface area contributed by atoms with Gasteiger partial charge in [0.05, 0.1) is 30.0 Å². The molecule has 0 aliphatic heterocycles. The number of fused-ring (bicyclic) bond motifs is 1.